The summed E-state index contributed by atoms with van der Waals surface area (Å²) in [6, 6.07) is 6.01. The summed E-state index contributed by atoms with van der Waals surface area (Å²) in [6.07, 6.45) is 2.00. The van der Waals surface area contributed by atoms with Gasteiger partial charge in [-0.1, -0.05) is 61.1 Å². The summed E-state index contributed by atoms with van der Waals surface area (Å²) < 4.78 is 5.86. The summed E-state index contributed by atoms with van der Waals surface area (Å²) >= 11 is 0. The molecule has 0 aliphatic carbocycles. The van der Waals surface area contributed by atoms with E-state index in [1.165, 1.54) is 11.6 Å². The van der Waals surface area contributed by atoms with E-state index < -0.39 is 5.97 Å². The fourth-order valence-corrected chi connectivity index (χ4v) is 4.09. The van der Waals surface area contributed by atoms with Gasteiger partial charge in [-0.3, -0.25) is 0 Å². The molecule has 30 heavy (non-hydrogen) atoms. The lowest BCUT2D eigenvalue weighted by molar-refractivity contribution is -0.129. The largest absolute Gasteiger partial charge is 0.507 e. The first-order valence-corrected chi connectivity index (χ1v) is 10.6. The second-order valence-electron chi connectivity index (χ2n) is 10.1. The number of phenols is 1. The maximum Gasteiger partial charge on any atom is 0.335 e. The third kappa shape index (κ3) is 4.61. The van der Waals surface area contributed by atoms with E-state index in [4.69, 9.17) is 4.74 Å². The molecule has 0 saturated carbocycles. The van der Waals surface area contributed by atoms with Crippen molar-refractivity contribution < 1.29 is 14.6 Å². The lowest BCUT2D eigenvalue weighted by atomic mass is 9.77. The summed E-state index contributed by atoms with van der Waals surface area (Å²) in [7, 11) is 0. The minimum atomic E-state index is -0.504. The molecule has 2 aromatic rings. The molecule has 0 heterocycles. The van der Waals surface area contributed by atoms with Crippen molar-refractivity contribution in [2.45, 2.75) is 79.6 Å². The van der Waals surface area contributed by atoms with Crippen molar-refractivity contribution in [1.82, 2.24) is 0 Å². The van der Waals surface area contributed by atoms with Crippen LogP contribution in [0.5, 0.6) is 11.5 Å². The highest BCUT2D eigenvalue weighted by atomic mass is 16.5. The molecule has 0 radical (unpaired) electrons. The Labute approximate surface area is 181 Å². The van der Waals surface area contributed by atoms with Crippen LogP contribution in [-0.2, 0) is 22.0 Å². The monoisotopic (exact) mass is 408 g/mol. The van der Waals surface area contributed by atoms with Gasteiger partial charge in [0.15, 0.2) is 0 Å². The fourth-order valence-electron chi connectivity index (χ4n) is 4.09. The van der Waals surface area contributed by atoms with Gasteiger partial charge >= 0.3 is 5.97 Å². The molecule has 0 bridgehead atoms. The number of rotatable bonds is 4. The lowest BCUT2D eigenvalue weighted by Crippen LogP contribution is -2.20. The van der Waals surface area contributed by atoms with E-state index in [9.17, 15) is 9.90 Å². The number of aryl methyl sites for hydroxylation is 2. The Morgan fingerprint density at radius 2 is 1.63 bits per heavy atom. The van der Waals surface area contributed by atoms with Crippen LogP contribution in [0.4, 0.5) is 0 Å². The number of hydrogen-bond acceptors (Lipinski definition) is 3. The van der Waals surface area contributed by atoms with E-state index in [1.807, 2.05) is 25.1 Å². The maximum atomic E-state index is 12.3. The van der Waals surface area contributed by atoms with Crippen LogP contribution in [0.2, 0.25) is 0 Å². The van der Waals surface area contributed by atoms with Gasteiger partial charge in [0.1, 0.15) is 11.5 Å². The summed E-state index contributed by atoms with van der Waals surface area (Å²) in [5.41, 5.74) is 6.13. The van der Waals surface area contributed by atoms with E-state index in [0.717, 1.165) is 34.2 Å². The normalized spacial score (nSPS) is 12.0. The number of esters is 1. The molecular formula is C27H36O3. The minimum Gasteiger partial charge on any atom is -0.507 e. The number of carbonyl (C=O) groups excluding carboxylic acids is 1. The Morgan fingerprint density at radius 1 is 1.03 bits per heavy atom. The van der Waals surface area contributed by atoms with Gasteiger partial charge in [-0.25, -0.2) is 4.79 Å². The van der Waals surface area contributed by atoms with Crippen LogP contribution in [0, 0.1) is 13.8 Å². The molecular weight excluding hydrogens is 372 g/mol. The number of phenolic OH excluding ortho intramolecular Hbond substituents is 1. The molecule has 2 aromatic carbocycles. The topological polar surface area (TPSA) is 46.5 Å². The van der Waals surface area contributed by atoms with Crippen LogP contribution in [0.15, 0.2) is 30.9 Å². The van der Waals surface area contributed by atoms with E-state index >= 15 is 0 Å². The van der Waals surface area contributed by atoms with Gasteiger partial charge in [0.05, 0.1) is 0 Å². The summed E-state index contributed by atoms with van der Waals surface area (Å²) in [4.78, 5) is 12.3. The summed E-state index contributed by atoms with van der Waals surface area (Å²) in [5, 5.41) is 11.3. The van der Waals surface area contributed by atoms with E-state index in [1.54, 1.807) is 0 Å². The van der Waals surface area contributed by atoms with Crippen LogP contribution in [0.25, 0.3) is 11.1 Å². The predicted molar refractivity (Wildman–Crippen MR) is 126 cm³/mol. The number of hydrogen-bond donors (Lipinski definition) is 1. The van der Waals surface area contributed by atoms with Crippen LogP contribution < -0.4 is 4.74 Å². The number of ether oxygens (including phenoxy) is 1. The molecule has 0 fully saturated rings. The minimum absolute atomic E-state index is 0.228. The molecule has 3 heteroatoms. The van der Waals surface area contributed by atoms with Gasteiger partial charge < -0.3 is 9.84 Å². The predicted octanol–water partition coefficient (Wildman–Crippen LogP) is 6.92. The average molecular weight is 409 g/mol. The highest BCUT2D eigenvalue weighted by molar-refractivity contribution is 5.88. The molecule has 1 N–H and O–H groups in total. The van der Waals surface area contributed by atoms with Crippen molar-refractivity contribution in [2.24, 2.45) is 0 Å². The maximum absolute atomic E-state index is 12.3. The molecule has 0 aliphatic heterocycles. The van der Waals surface area contributed by atoms with Gasteiger partial charge in [-0.2, -0.15) is 0 Å². The van der Waals surface area contributed by atoms with Crippen molar-refractivity contribution in [3.63, 3.8) is 0 Å². The first kappa shape index (κ1) is 23.7. The molecule has 162 valence electrons. The number of aromatic hydroxyl groups is 1. The Morgan fingerprint density at radius 3 is 2.10 bits per heavy atom. The third-order valence-corrected chi connectivity index (χ3v) is 5.44. The Hall–Kier alpha value is -2.55. The van der Waals surface area contributed by atoms with Crippen molar-refractivity contribution in [1.29, 1.82) is 0 Å². The standard InChI is InChI=1S/C27H36O3/c1-11-18-17(4)15-20(25(30-22(28)12-2)23(18)27(8,9)10)19-13-16(3)14-21(24(19)29)26(5,6)7/h12-15,29H,2,11H2,1,3-10H3. The highest BCUT2D eigenvalue weighted by Gasteiger charge is 2.30. The van der Waals surface area contributed by atoms with E-state index in [2.05, 4.69) is 62.0 Å². The van der Waals surface area contributed by atoms with E-state index in [-0.39, 0.29) is 16.6 Å². The molecule has 2 rings (SSSR count). The second-order valence-corrected chi connectivity index (χ2v) is 10.1. The lowest BCUT2D eigenvalue weighted by Gasteiger charge is -2.29. The molecule has 0 spiro atoms. The van der Waals surface area contributed by atoms with Crippen molar-refractivity contribution in [2.75, 3.05) is 0 Å². The molecule has 0 atom stereocenters. The van der Waals surface area contributed by atoms with Crippen LogP contribution in [0.1, 0.15) is 76.3 Å². The number of carbonyl (C=O) groups is 1. The van der Waals surface area contributed by atoms with Crippen LogP contribution in [0.3, 0.4) is 0 Å². The van der Waals surface area contributed by atoms with Crippen molar-refractivity contribution >= 4 is 5.97 Å². The zero-order valence-electron chi connectivity index (χ0n) is 20.0. The van der Waals surface area contributed by atoms with Crippen molar-refractivity contribution in [3.8, 4) is 22.6 Å². The second kappa shape index (κ2) is 8.29. The van der Waals surface area contributed by atoms with Gasteiger partial charge in [0.25, 0.3) is 0 Å². The summed E-state index contributed by atoms with van der Waals surface area (Å²) in [6.45, 7) is 22.4. The van der Waals surface area contributed by atoms with Gasteiger partial charge in [-0.15, -0.1) is 0 Å². The van der Waals surface area contributed by atoms with Gasteiger partial charge in [0.2, 0.25) is 0 Å². The quantitative estimate of drug-likeness (QED) is 0.339. The molecule has 0 amide bonds. The highest BCUT2D eigenvalue weighted by Crippen LogP contribution is 2.48. The first-order chi connectivity index (χ1) is 13.7. The Bertz CT molecular complexity index is 983. The fraction of sp³-hybridized carbons (Fsp3) is 0.444. The van der Waals surface area contributed by atoms with Crippen molar-refractivity contribution in [3.05, 3.63) is 58.7 Å². The van der Waals surface area contributed by atoms with Gasteiger partial charge in [0, 0.05) is 28.3 Å². The SMILES string of the molecule is C=CC(=O)Oc1c(-c2cc(C)cc(C(C)(C)C)c2O)cc(C)c(CC)c1C(C)(C)C. The van der Waals surface area contributed by atoms with Gasteiger partial charge in [-0.05, 0) is 59.9 Å². The van der Waals surface area contributed by atoms with Crippen LogP contribution >= 0.6 is 0 Å². The molecule has 0 aromatic heterocycles. The third-order valence-electron chi connectivity index (χ3n) is 5.44. The average Bonchev–Trinajstić information content (AvgIpc) is 2.62. The molecule has 3 nitrogen and oxygen atoms in total. The number of benzene rings is 2. The zero-order chi connectivity index (χ0) is 23.0. The molecule has 0 unspecified atom stereocenters. The molecule has 0 aliphatic rings. The molecule has 0 saturated heterocycles. The smallest absolute Gasteiger partial charge is 0.335 e. The van der Waals surface area contributed by atoms with Crippen LogP contribution in [-0.4, -0.2) is 11.1 Å². The first-order valence-electron chi connectivity index (χ1n) is 10.6. The Balaban J connectivity index is 3.04. The zero-order valence-corrected chi connectivity index (χ0v) is 20.0. The Kier molecular flexibility index (Phi) is 6.56. The summed E-state index contributed by atoms with van der Waals surface area (Å²) in [5.74, 6) is 0.235. The van der Waals surface area contributed by atoms with E-state index in [0.29, 0.717) is 11.3 Å².